The third-order valence-electron chi connectivity index (χ3n) is 2.75. The molecule has 1 N–H and O–H groups in total. The molecular formula is C15H16ClN3O5. The van der Waals surface area contributed by atoms with Gasteiger partial charge in [0.05, 0.1) is 17.2 Å². The fourth-order valence-corrected chi connectivity index (χ4v) is 1.97. The minimum absolute atomic E-state index is 0.0297. The van der Waals surface area contributed by atoms with Crippen LogP contribution in [0, 0.1) is 10.1 Å². The minimum Gasteiger partial charge on any atom is -0.444 e. The molecule has 0 radical (unpaired) electrons. The van der Waals surface area contributed by atoms with Crippen LogP contribution in [0.2, 0.25) is 5.02 Å². The Morgan fingerprint density at radius 3 is 2.79 bits per heavy atom. The summed E-state index contributed by atoms with van der Waals surface area (Å²) < 4.78 is 10.4. The van der Waals surface area contributed by atoms with Gasteiger partial charge in [-0.1, -0.05) is 11.6 Å². The van der Waals surface area contributed by atoms with Crippen LogP contribution in [0.25, 0.3) is 11.5 Å². The third-order valence-corrected chi connectivity index (χ3v) is 3.07. The molecule has 0 atom stereocenters. The van der Waals surface area contributed by atoms with Crippen LogP contribution >= 0.6 is 11.6 Å². The maximum Gasteiger partial charge on any atom is 0.407 e. The first-order chi connectivity index (χ1) is 11.2. The Hall–Kier alpha value is -2.61. The van der Waals surface area contributed by atoms with E-state index in [9.17, 15) is 14.9 Å². The van der Waals surface area contributed by atoms with E-state index in [0.29, 0.717) is 11.3 Å². The largest absolute Gasteiger partial charge is 0.444 e. The van der Waals surface area contributed by atoms with Gasteiger partial charge in [-0.3, -0.25) is 10.1 Å². The van der Waals surface area contributed by atoms with Gasteiger partial charge in [-0.2, -0.15) is 0 Å². The smallest absolute Gasteiger partial charge is 0.407 e. The van der Waals surface area contributed by atoms with Crippen molar-refractivity contribution in [1.29, 1.82) is 0 Å². The molecule has 1 heterocycles. The lowest BCUT2D eigenvalue weighted by Crippen LogP contribution is -2.32. The Morgan fingerprint density at radius 2 is 2.17 bits per heavy atom. The Bertz CT molecular complexity index is 767. The molecule has 0 aliphatic carbocycles. The first-order valence-electron chi connectivity index (χ1n) is 7.01. The van der Waals surface area contributed by atoms with E-state index < -0.39 is 16.6 Å². The van der Waals surface area contributed by atoms with Gasteiger partial charge < -0.3 is 14.5 Å². The fraction of sp³-hybridized carbons (Fsp3) is 0.333. The van der Waals surface area contributed by atoms with Crippen molar-refractivity contribution in [3.8, 4) is 11.5 Å². The number of nitrogens with one attached hydrogen (secondary N) is 1. The molecule has 0 saturated heterocycles. The lowest BCUT2D eigenvalue weighted by atomic mass is 10.2. The van der Waals surface area contributed by atoms with Crippen molar-refractivity contribution in [2.45, 2.75) is 32.9 Å². The molecule has 0 fully saturated rings. The van der Waals surface area contributed by atoms with Crippen molar-refractivity contribution in [2.75, 3.05) is 0 Å². The average molecular weight is 354 g/mol. The summed E-state index contributed by atoms with van der Waals surface area (Å²) in [5.41, 5.74) is 0.0327. The zero-order valence-electron chi connectivity index (χ0n) is 13.3. The van der Waals surface area contributed by atoms with Crippen molar-refractivity contribution in [2.24, 2.45) is 0 Å². The quantitative estimate of drug-likeness (QED) is 0.659. The highest BCUT2D eigenvalue weighted by Crippen LogP contribution is 2.29. The molecule has 1 aromatic heterocycles. The maximum atomic E-state index is 11.6. The number of nitro groups is 1. The summed E-state index contributed by atoms with van der Waals surface area (Å²) in [4.78, 5) is 26.1. The molecule has 2 rings (SSSR count). The van der Waals surface area contributed by atoms with E-state index in [1.807, 2.05) is 0 Å². The molecule has 0 unspecified atom stereocenters. The first kappa shape index (κ1) is 17.7. The number of nitro benzene ring substituents is 1. The van der Waals surface area contributed by atoms with Gasteiger partial charge in [-0.05, 0) is 32.9 Å². The van der Waals surface area contributed by atoms with Crippen LogP contribution in [0.1, 0.15) is 26.5 Å². The Labute approximate surface area is 142 Å². The topological polar surface area (TPSA) is 108 Å². The molecule has 128 valence electrons. The molecule has 8 nitrogen and oxygen atoms in total. The lowest BCUT2D eigenvalue weighted by molar-refractivity contribution is -0.384. The summed E-state index contributed by atoms with van der Waals surface area (Å²) in [5.74, 6) is 0.191. The summed E-state index contributed by atoms with van der Waals surface area (Å²) in [6, 6.07) is 4.24. The average Bonchev–Trinajstić information content (AvgIpc) is 2.92. The third kappa shape index (κ3) is 4.69. The Morgan fingerprint density at radius 1 is 1.46 bits per heavy atom. The molecule has 0 aliphatic rings. The van der Waals surface area contributed by atoms with E-state index in [0.717, 1.165) is 0 Å². The zero-order valence-corrected chi connectivity index (χ0v) is 14.1. The number of aromatic nitrogens is 1. The molecule has 1 aromatic carbocycles. The standard InChI is InChI=1S/C15H16ClN3O5/c1-15(2,3)24-14(20)17-7-10-8-23-13(18-10)9-4-5-11(16)12(6-9)19(21)22/h4-6,8H,7H2,1-3H3,(H,17,20). The summed E-state index contributed by atoms with van der Waals surface area (Å²) in [6.45, 7) is 5.38. The predicted molar refractivity (Wildman–Crippen MR) is 86.7 cm³/mol. The van der Waals surface area contributed by atoms with E-state index in [-0.39, 0.29) is 23.1 Å². The lowest BCUT2D eigenvalue weighted by Gasteiger charge is -2.19. The second-order valence-electron chi connectivity index (χ2n) is 5.92. The summed E-state index contributed by atoms with van der Waals surface area (Å²) >= 11 is 5.77. The second kappa shape index (κ2) is 6.88. The van der Waals surface area contributed by atoms with Crippen molar-refractivity contribution >= 4 is 23.4 Å². The molecular weight excluding hydrogens is 338 g/mol. The highest BCUT2D eigenvalue weighted by molar-refractivity contribution is 6.32. The van der Waals surface area contributed by atoms with Crippen LogP contribution in [-0.4, -0.2) is 21.6 Å². The van der Waals surface area contributed by atoms with Crippen molar-refractivity contribution in [3.05, 3.63) is 45.3 Å². The molecule has 0 spiro atoms. The first-order valence-corrected chi connectivity index (χ1v) is 7.39. The Balaban J connectivity index is 2.07. The molecule has 0 saturated carbocycles. The van der Waals surface area contributed by atoms with E-state index in [1.165, 1.54) is 18.4 Å². The number of hydrogen-bond acceptors (Lipinski definition) is 6. The second-order valence-corrected chi connectivity index (χ2v) is 6.33. The number of oxazole rings is 1. The van der Waals surface area contributed by atoms with Crippen molar-refractivity contribution in [3.63, 3.8) is 0 Å². The number of carbonyl (C=O) groups excluding carboxylic acids is 1. The fourth-order valence-electron chi connectivity index (χ4n) is 1.78. The number of carbonyl (C=O) groups is 1. The number of rotatable bonds is 4. The van der Waals surface area contributed by atoms with Crippen molar-refractivity contribution in [1.82, 2.24) is 10.3 Å². The van der Waals surface area contributed by atoms with Gasteiger partial charge in [-0.15, -0.1) is 0 Å². The van der Waals surface area contributed by atoms with E-state index in [4.69, 9.17) is 20.8 Å². The highest BCUT2D eigenvalue weighted by atomic mass is 35.5. The number of benzene rings is 1. The normalized spacial score (nSPS) is 11.2. The molecule has 24 heavy (non-hydrogen) atoms. The van der Waals surface area contributed by atoms with Gasteiger partial charge in [0.2, 0.25) is 5.89 Å². The van der Waals surface area contributed by atoms with Crippen LogP contribution in [-0.2, 0) is 11.3 Å². The van der Waals surface area contributed by atoms with Crippen LogP contribution in [0.15, 0.2) is 28.9 Å². The number of amides is 1. The van der Waals surface area contributed by atoms with Crippen LogP contribution in [0.4, 0.5) is 10.5 Å². The van der Waals surface area contributed by atoms with Gasteiger partial charge in [0.25, 0.3) is 5.69 Å². The minimum atomic E-state index is -0.596. The number of hydrogen-bond donors (Lipinski definition) is 1. The highest BCUT2D eigenvalue weighted by Gasteiger charge is 2.18. The number of halogens is 1. The SMILES string of the molecule is CC(C)(C)OC(=O)NCc1coc(-c2ccc(Cl)c([N+](=O)[O-])c2)n1. The molecule has 0 bridgehead atoms. The maximum absolute atomic E-state index is 11.6. The summed E-state index contributed by atoms with van der Waals surface area (Å²) in [7, 11) is 0. The van der Waals surface area contributed by atoms with Crippen molar-refractivity contribution < 1.29 is 18.9 Å². The molecule has 2 aromatic rings. The molecule has 9 heteroatoms. The van der Waals surface area contributed by atoms with Crippen LogP contribution in [0.3, 0.4) is 0 Å². The summed E-state index contributed by atoms with van der Waals surface area (Å²) in [6.07, 6.45) is 0.779. The zero-order chi connectivity index (χ0) is 17.9. The van der Waals surface area contributed by atoms with E-state index in [2.05, 4.69) is 10.3 Å². The van der Waals surface area contributed by atoms with Gasteiger partial charge in [-0.25, -0.2) is 9.78 Å². The Kier molecular flexibility index (Phi) is 5.08. The number of ether oxygens (including phenoxy) is 1. The van der Waals surface area contributed by atoms with Gasteiger partial charge in [0.15, 0.2) is 0 Å². The van der Waals surface area contributed by atoms with Gasteiger partial charge >= 0.3 is 6.09 Å². The number of nitrogens with zero attached hydrogens (tertiary/aromatic N) is 2. The number of alkyl carbamates (subject to hydrolysis) is 1. The van der Waals surface area contributed by atoms with Crippen LogP contribution in [0.5, 0.6) is 0 Å². The predicted octanol–water partition coefficient (Wildman–Crippen LogP) is 3.93. The molecule has 0 aliphatic heterocycles. The monoisotopic (exact) mass is 353 g/mol. The summed E-state index contributed by atoms with van der Waals surface area (Å²) in [5, 5.41) is 13.5. The van der Waals surface area contributed by atoms with E-state index in [1.54, 1.807) is 26.8 Å². The molecule has 1 amide bonds. The van der Waals surface area contributed by atoms with Gasteiger partial charge in [0.1, 0.15) is 16.9 Å². The van der Waals surface area contributed by atoms with Crippen LogP contribution < -0.4 is 5.32 Å². The van der Waals surface area contributed by atoms with Gasteiger partial charge in [0, 0.05) is 11.6 Å². The van der Waals surface area contributed by atoms with E-state index >= 15 is 0 Å².